The summed E-state index contributed by atoms with van der Waals surface area (Å²) in [4.78, 5) is 0. The van der Waals surface area contributed by atoms with E-state index < -0.39 is 11.9 Å². The van der Waals surface area contributed by atoms with Gasteiger partial charge in [-0.05, 0) is 46.3 Å². The lowest BCUT2D eigenvalue weighted by Gasteiger charge is -2.14. The first kappa shape index (κ1) is 15.1. The van der Waals surface area contributed by atoms with Crippen molar-refractivity contribution in [2.75, 3.05) is 5.32 Å². The van der Waals surface area contributed by atoms with Gasteiger partial charge in [0.1, 0.15) is 11.9 Å². The molecule has 0 spiro atoms. The molecule has 20 heavy (non-hydrogen) atoms. The summed E-state index contributed by atoms with van der Waals surface area (Å²) in [5.41, 5.74) is 0.894. The Kier molecular flexibility index (Phi) is 4.87. The topological polar surface area (TPSA) is 35.8 Å². The molecule has 2 nitrogen and oxygen atoms in total. The maximum atomic E-state index is 13.8. The van der Waals surface area contributed by atoms with Gasteiger partial charge >= 0.3 is 0 Å². The Bertz CT molecular complexity index is 685. The molecule has 0 aliphatic rings. The first-order chi connectivity index (χ1) is 9.51. The maximum absolute atomic E-state index is 13.8. The molecule has 1 atom stereocenters. The van der Waals surface area contributed by atoms with E-state index in [9.17, 15) is 9.65 Å². The molecule has 0 aliphatic heterocycles. The number of hydrogen-bond donors (Lipinski definition) is 1. The van der Waals surface area contributed by atoms with E-state index >= 15 is 0 Å². The summed E-state index contributed by atoms with van der Waals surface area (Å²) in [6.45, 7) is 0. The lowest BCUT2D eigenvalue weighted by atomic mass is 10.1. The Balaban J connectivity index is 2.29. The molecule has 0 bridgehead atoms. The van der Waals surface area contributed by atoms with Crippen molar-refractivity contribution < 1.29 is 4.39 Å². The van der Waals surface area contributed by atoms with E-state index in [0.717, 1.165) is 0 Å². The van der Waals surface area contributed by atoms with Crippen LogP contribution in [0.1, 0.15) is 11.6 Å². The number of benzene rings is 2. The van der Waals surface area contributed by atoms with Crippen molar-refractivity contribution in [2.24, 2.45) is 0 Å². The van der Waals surface area contributed by atoms with Crippen molar-refractivity contribution in [3.8, 4) is 6.07 Å². The van der Waals surface area contributed by atoms with Gasteiger partial charge in [-0.25, -0.2) is 4.39 Å². The zero-order valence-electron chi connectivity index (χ0n) is 10.0. The molecule has 2 aromatic rings. The van der Waals surface area contributed by atoms with Crippen LogP contribution in [-0.4, -0.2) is 0 Å². The molecule has 2 rings (SSSR count). The van der Waals surface area contributed by atoms with Crippen LogP contribution in [0.2, 0.25) is 10.0 Å². The molecule has 0 fully saturated rings. The second-order valence-corrected chi connectivity index (χ2v) is 5.70. The minimum atomic E-state index is -0.819. The summed E-state index contributed by atoms with van der Waals surface area (Å²) in [5.74, 6) is -0.524. The smallest absolute Gasteiger partial charge is 0.143 e. The van der Waals surface area contributed by atoms with Crippen LogP contribution >= 0.6 is 39.1 Å². The molecule has 0 radical (unpaired) electrons. The van der Waals surface area contributed by atoms with Crippen LogP contribution in [0.3, 0.4) is 0 Å². The monoisotopic (exact) mass is 372 g/mol. The summed E-state index contributed by atoms with van der Waals surface area (Å²) >= 11 is 14.9. The minimum absolute atomic E-state index is 0.239. The van der Waals surface area contributed by atoms with E-state index in [1.165, 1.54) is 12.1 Å². The summed E-state index contributed by atoms with van der Waals surface area (Å²) in [6.07, 6.45) is 0. The standard InChI is InChI=1S/C14H8BrCl2FN2/c15-11-6-9(2-4-12(11)17)20-14(7-19)10-3-1-8(16)5-13(10)18/h1-6,14,20H. The quantitative estimate of drug-likeness (QED) is 0.763. The molecule has 0 saturated heterocycles. The van der Waals surface area contributed by atoms with Crippen LogP contribution in [0, 0.1) is 17.1 Å². The van der Waals surface area contributed by atoms with Gasteiger partial charge in [-0.2, -0.15) is 5.26 Å². The first-order valence-electron chi connectivity index (χ1n) is 5.57. The molecule has 6 heteroatoms. The fourth-order valence-corrected chi connectivity index (χ4v) is 2.32. The second-order valence-electron chi connectivity index (χ2n) is 4.00. The molecule has 2 aromatic carbocycles. The van der Waals surface area contributed by atoms with Gasteiger partial charge in [-0.3, -0.25) is 0 Å². The normalized spacial score (nSPS) is 11.8. The summed E-state index contributed by atoms with van der Waals surface area (Å²) in [5, 5.41) is 13.0. The van der Waals surface area contributed by atoms with Crippen molar-refractivity contribution in [2.45, 2.75) is 6.04 Å². The van der Waals surface area contributed by atoms with Gasteiger partial charge in [0, 0.05) is 20.7 Å². The van der Waals surface area contributed by atoms with E-state index in [2.05, 4.69) is 21.2 Å². The second kappa shape index (κ2) is 6.45. The Hall–Kier alpha value is -1.28. The molecule has 0 aromatic heterocycles. The Morgan fingerprint density at radius 1 is 1.20 bits per heavy atom. The third-order valence-electron chi connectivity index (χ3n) is 2.63. The van der Waals surface area contributed by atoms with Crippen molar-refractivity contribution >= 4 is 44.8 Å². The molecular formula is C14H8BrCl2FN2. The number of nitriles is 1. The number of anilines is 1. The van der Waals surface area contributed by atoms with Gasteiger partial charge in [-0.1, -0.05) is 29.3 Å². The molecule has 1 unspecified atom stereocenters. The molecule has 0 aliphatic carbocycles. The summed E-state index contributed by atoms with van der Waals surface area (Å²) in [7, 11) is 0. The van der Waals surface area contributed by atoms with Crippen molar-refractivity contribution in [1.82, 2.24) is 0 Å². The zero-order chi connectivity index (χ0) is 14.7. The Labute approximate surface area is 134 Å². The fourth-order valence-electron chi connectivity index (χ4n) is 1.67. The van der Waals surface area contributed by atoms with E-state index in [1.807, 2.05) is 6.07 Å². The molecule has 102 valence electrons. The van der Waals surface area contributed by atoms with Gasteiger partial charge in [0.25, 0.3) is 0 Å². The largest absolute Gasteiger partial charge is 0.366 e. The molecular weight excluding hydrogens is 366 g/mol. The van der Waals surface area contributed by atoms with Crippen molar-refractivity contribution in [3.63, 3.8) is 0 Å². The Morgan fingerprint density at radius 2 is 1.95 bits per heavy atom. The average molecular weight is 374 g/mol. The van der Waals surface area contributed by atoms with Crippen LogP contribution in [0.5, 0.6) is 0 Å². The Morgan fingerprint density at radius 3 is 2.55 bits per heavy atom. The predicted octanol–water partition coefficient (Wildman–Crippen LogP) is 5.57. The maximum Gasteiger partial charge on any atom is 0.143 e. The van der Waals surface area contributed by atoms with Crippen molar-refractivity contribution in [3.05, 3.63) is 62.3 Å². The minimum Gasteiger partial charge on any atom is -0.366 e. The van der Waals surface area contributed by atoms with E-state index in [4.69, 9.17) is 23.2 Å². The SMILES string of the molecule is N#CC(Nc1ccc(Cl)c(Br)c1)c1ccc(Cl)cc1F. The molecule has 0 amide bonds. The van der Waals surface area contributed by atoms with Gasteiger partial charge in [0.05, 0.1) is 11.1 Å². The van der Waals surface area contributed by atoms with E-state index in [-0.39, 0.29) is 10.6 Å². The van der Waals surface area contributed by atoms with Crippen LogP contribution in [0.4, 0.5) is 10.1 Å². The molecule has 1 N–H and O–H groups in total. The number of halogens is 4. The van der Waals surface area contributed by atoms with Gasteiger partial charge in [0.15, 0.2) is 0 Å². The van der Waals surface area contributed by atoms with Gasteiger partial charge < -0.3 is 5.32 Å². The zero-order valence-corrected chi connectivity index (χ0v) is 13.1. The highest BCUT2D eigenvalue weighted by Gasteiger charge is 2.15. The van der Waals surface area contributed by atoms with Crippen LogP contribution in [0.25, 0.3) is 0 Å². The first-order valence-corrected chi connectivity index (χ1v) is 7.12. The van der Waals surface area contributed by atoms with E-state index in [1.54, 1.807) is 24.3 Å². The summed E-state index contributed by atoms with van der Waals surface area (Å²) in [6, 6.07) is 10.5. The average Bonchev–Trinajstić information content (AvgIpc) is 2.41. The third-order valence-corrected chi connectivity index (χ3v) is 4.08. The van der Waals surface area contributed by atoms with Crippen LogP contribution in [0.15, 0.2) is 40.9 Å². The number of nitrogens with one attached hydrogen (secondary N) is 1. The third kappa shape index (κ3) is 3.43. The van der Waals surface area contributed by atoms with E-state index in [0.29, 0.717) is 15.2 Å². The number of hydrogen-bond acceptors (Lipinski definition) is 2. The van der Waals surface area contributed by atoms with Gasteiger partial charge in [-0.15, -0.1) is 0 Å². The lowest BCUT2D eigenvalue weighted by Crippen LogP contribution is -2.10. The highest BCUT2D eigenvalue weighted by Crippen LogP contribution is 2.29. The predicted molar refractivity (Wildman–Crippen MR) is 82.5 cm³/mol. The number of rotatable bonds is 3. The van der Waals surface area contributed by atoms with Crippen LogP contribution < -0.4 is 5.32 Å². The molecule has 0 heterocycles. The van der Waals surface area contributed by atoms with Crippen molar-refractivity contribution in [1.29, 1.82) is 5.26 Å². The highest BCUT2D eigenvalue weighted by molar-refractivity contribution is 9.10. The highest BCUT2D eigenvalue weighted by atomic mass is 79.9. The van der Waals surface area contributed by atoms with Gasteiger partial charge in [0.2, 0.25) is 0 Å². The number of nitrogens with zero attached hydrogens (tertiary/aromatic N) is 1. The molecule has 0 saturated carbocycles. The van der Waals surface area contributed by atoms with Crippen LogP contribution in [-0.2, 0) is 0 Å². The fraction of sp³-hybridized carbons (Fsp3) is 0.0714. The summed E-state index contributed by atoms with van der Waals surface area (Å²) < 4.78 is 14.5. The lowest BCUT2D eigenvalue weighted by molar-refractivity contribution is 0.607.